The van der Waals surface area contributed by atoms with Gasteiger partial charge in [0.25, 0.3) is 5.92 Å². The smallest absolute Gasteiger partial charge is 0.308 e. The number of nitrogens with two attached hydrogens (primary N) is 1. The summed E-state index contributed by atoms with van der Waals surface area (Å²) in [6.45, 7) is -0.138. The van der Waals surface area contributed by atoms with E-state index in [1.807, 2.05) is 0 Å². The minimum absolute atomic E-state index is 0.0859. The number of hydrogen-bond donors (Lipinski definition) is 2. The Morgan fingerprint density at radius 2 is 2.24 bits per heavy atom. The van der Waals surface area contributed by atoms with Crippen LogP contribution in [0.2, 0.25) is 0 Å². The van der Waals surface area contributed by atoms with Gasteiger partial charge in [0.15, 0.2) is 0 Å². The average Bonchev–Trinajstić information content (AvgIpc) is 2.27. The first-order valence-electron chi connectivity index (χ1n) is 4.89. The molecule has 0 aliphatic rings. The van der Waals surface area contributed by atoms with Crippen LogP contribution in [0, 0.1) is 0 Å². The molecule has 0 bridgehead atoms. The number of rotatable bonds is 4. The lowest BCUT2D eigenvalue weighted by Gasteiger charge is -2.21. The first-order valence-corrected chi connectivity index (χ1v) is 4.89. The topological polar surface area (TPSA) is 72.5 Å². The van der Waals surface area contributed by atoms with Crippen LogP contribution in [0.25, 0.3) is 0 Å². The third-order valence-corrected chi connectivity index (χ3v) is 2.14. The van der Waals surface area contributed by atoms with Crippen molar-refractivity contribution in [1.82, 2.24) is 0 Å². The third kappa shape index (κ3) is 3.47. The van der Waals surface area contributed by atoms with E-state index in [9.17, 15) is 13.6 Å². The SMILES string of the molecule is CC(=O)Oc1cccc([C@H](N)C(F)(F)CO)c1. The fourth-order valence-corrected chi connectivity index (χ4v) is 1.28. The van der Waals surface area contributed by atoms with Crippen molar-refractivity contribution in [3.63, 3.8) is 0 Å². The van der Waals surface area contributed by atoms with Gasteiger partial charge in [0.2, 0.25) is 0 Å². The molecule has 1 atom stereocenters. The Morgan fingerprint density at radius 1 is 1.59 bits per heavy atom. The number of alkyl halides is 2. The summed E-state index contributed by atoms with van der Waals surface area (Å²) in [5, 5.41) is 8.53. The zero-order chi connectivity index (χ0) is 13.1. The van der Waals surface area contributed by atoms with Crippen molar-refractivity contribution >= 4 is 5.97 Å². The van der Waals surface area contributed by atoms with Gasteiger partial charge in [-0.25, -0.2) is 8.78 Å². The Labute approximate surface area is 97.0 Å². The zero-order valence-electron chi connectivity index (χ0n) is 9.19. The summed E-state index contributed by atoms with van der Waals surface area (Å²) in [6, 6.07) is 3.87. The molecule has 17 heavy (non-hydrogen) atoms. The molecule has 1 rings (SSSR count). The predicted octanol–water partition coefficient (Wildman–Crippen LogP) is 1.24. The number of esters is 1. The molecular formula is C11H13F2NO3. The maximum absolute atomic E-state index is 13.1. The maximum atomic E-state index is 13.1. The van der Waals surface area contributed by atoms with Crippen LogP contribution in [0.15, 0.2) is 24.3 Å². The Bertz CT molecular complexity index is 409. The molecule has 6 heteroatoms. The van der Waals surface area contributed by atoms with Gasteiger partial charge in [-0.1, -0.05) is 12.1 Å². The minimum Gasteiger partial charge on any atom is -0.427 e. The van der Waals surface area contributed by atoms with Crippen LogP contribution in [-0.2, 0) is 4.79 Å². The van der Waals surface area contributed by atoms with Gasteiger partial charge in [0, 0.05) is 6.92 Å². The number of benzene rings is 1. The number of hydrogen-bond acceptors (Lipinski definition) is 4. The largest absolute Gasteiger partial charge is 0.427 e. The molecule has 0 saturated heterocycles. The molecule has 0 saturated carbocycles. The van der Waals surface area contributed by atoms with E-state index in [1.165, 1.54) is 31.2 Å². The molecule has 1 aromatic rings. The van der Waals surface area contributed by atoms with Crippen LogP contribution in [0.3, 0.4) is 0 Å². The number of ether oxygens (including phenoxy) is 1. The molecule has 4 nitrogen and oxygen atoms in total. The Balaban J connectivity index is 2.95. The molecule has 0 fully saturated rings. The maximum Gasteiger partial charge on any atom is 0.308 e. The van der Waals surface area contributed by atoms with Gasteiger partial charge >= 0.3 is 5.97 Å². The number of halogens is 2. The monoisotopic (exact) mass is 245 g/mol. The van der Waals surface area contributed by atoms with Crippen molar-refractivity contribution in [2.24, 2.45) is 5.73 Å². The number of carbonyl (C=O) groups excluding carboxylic acids is 1. The second-order valence-electron chi connectivity index (χ2n) is 3.56. The van der Waals surface area contributed by atoms with Crippen LogP contribution >= 0.6 is 0 Å². The summed E-state index contributed by atoms with van der Waals surface area (Å²) in [4.78, 5) is 10.7. The number of aliphatic hydroxyl groups excluding tert-OH is 1. The first-order chi connectivity index (χ1) is 7.86. The molecule has 0 radical (unpaired) electrons. The number of aliphatic hydroxyl groups is 1. The summed E-state index contributed by atoms with van der Waals surface area (Å²) in [5.41, 5.74) is 5.42. The average molecular weight is 245 g/mol. The zero-order valence-corrected chi connectivity index (χ0v) is 9.19. The van der Waals surface area contributed by atoms with Crippen LogP contribution in [0.1, 0.15) is 18.5 Å². The Kier molecular flexibility index (Phi) is 4.14. The molecule has 94 valence electrons. The summed E-state index contributed by atoms with van der Waals surface area (Å²) >= 11 is 0. The molecule has 0 aliphatic carbocycles. The molecule has 0 aromatic heterocycles. The molecular weight excluding hydrogens is 232 g/mol. The van der Waals surface area contributed by atoms with Gasteiger partial charge in [-0.15, -0.1) is 0 Å². The lowest BCUT2D eigenvalue weighted by atomic mass is 10.0. The van der Waals surface area contributed by atoms with Crippen LogP contribution in [-0.4, -0.2) is 23.6 Å². The lowest BCUT2D eigenvalue weighted by molar-refractivity contribution is -0.131. The Hall–Kier alpha value is -1.53. The van der Waals surface area contributed by atoms with E-state index < -0.39 is 24.5 Å². The fraction of sp³-hybridized carbons (Fsp3) is 0.364. The molecule has 3 N–H and O–H groups in total. The quantitative estimate of drug-likeness (QED) is 0.618. The molecule has 1 aromatic carbocycles. The van der Waals surface area contributed by atoms with Gasteiger partial charge in [-0.05, 0) is 17.7 Å². The van der Waals surface area contributed by atoms with E-state index in [1.54, 1.807) is 0 Å². The van der Waals surface area contributed by atoms with Crippen molar-refractivity contribution in [3.8, 4) is 5.75 Å². The molecule has 0 amide bonds. The van der Waals surface area contributed by atoms with E-state index in [0.717, 1.165) is 0 Å². The van der Waals surface area contributed by atoms with Gasteiger partial charge in [-0.3, -0.25) is 4.79 Å². The van der Waals surface area contributed by atoms with E-state index in [2.05, 4.69) is 0 Å². The van der Waals surface area contributed by atoms with Gasteiger partial charge in [0.1, 0.15) is 12.4 Å². The first kappa shape index (κ1) is 13.5. The minimum atomic E-state index is -3.42. The highest BCUT2D eigenvalue weighted by atomic mass is 19.3. The third-order valence-electron chi connectivity index (χ3n) is 2.14. The Morgan fingerprint density at radius 3 is 2.76 bits per heavy atom. The summed E-state index contributed by atoms with van der Waals surface area (Å²) < 4.78 is 31.0. The van der Waals surface area contributed by atoms with Crippen molar-refractivity contribution in [3.05, 3.63) is 29.8 Å². The molecule has 0 spiro atoms. The van der Waals surface area contributed by atoms with Gasteiger partial charge in [-0.2, -0.15) is 0 Å². The summed E-state index contributed by atoms with van der Waals surface area (Å²) in [7, 11) is 0. The highest BCUT2D eigenvalue weighted by molar-refractivity contribution is 5.69. The number of carbonyl (C=O) groups is 1. The van der Waals surface area contributed by atoms with E-state index >= 15 is 0 Å². The van der Waals surface area contributed by atoms with Crippen molar-refractivity contribution < 1.29 is 23.4 Å². The van der Waals surface area contributed by atoms with E-state index in [4.69, 9.17) is 15.6 Å². The molecule has 0 unspecified atom stereocenters. The van der Waals surface area contributed by atoms with Crippen molar-refractivity contribution in [2.75, 3.05) is 6.61 Å². The van der Waals surface area contributed by atoms with Crippen molar-refractivity contribution in [2.45, 2.75) is 18.9 Å². The van der Waals surface area contributed by atoms with Gasteiger partial charge < -0.3 is 15.6 Å². The second kappa shape index (κ2) is 5.20. The molecule has 0 aliphatic heterocycles. The summed E-state index contributed by atoms with van der Waals surface area (Å²) in [5.74, 6) is -3.83. The van der Waals surface area contributed by atoms with Crippen LogP contribution in [0.5, 0.6) is 5.75 Å². The highest BCUT2D eigenvalue weighted by Crippen LogP contribution is 2.30. The van der Waals surface area contributed by atoms with Gasteiger partial charge in [0.05, 0.1) is 6.04 Å². The lowest BCUT2D eigenvalue weighted by Crippen LogP contribution is -2.36. The van der Waals surface area contributed by atoms with E-state index in [-0.39, 0.29) is 11.3 Å². The standard InChI is InChI=1S/C11H13F2NO3/c1-7(16)17-9-4-2-3-8(5-9)10(14)11(12,13)6-15/h2-5,10,15H,6,14H2,1H3/t10-/m0/s1. The highest BCUT2D eigenvalue weighted by Gasteiger charge is 2.37. The van der Waals surface area contributed by atoms with Crippen LogP contribution < -0.4 is 10.5 Å². The summed E-state index contributed by atoms with van der Waals surface area (Å²) in [6.07, 6.45) is 0. The normalized spacial score (nSPS) is 13.2. The second-order valence-corrected chi connectivity index (χ2v) is 3.56. The molecule has 0 heterocycles. The fourth-order valence-electron chi connectivity index (χ4n) is 1.28. The van der Waals surface area contributed by atoms with E-state index in [0.29, 0.717) is 0 Å². The predicted molar refractivity (Wildman–Crippen MR) is 56.7 cm³/mol. The van der Waals surface area contributed by atoms with Crippen molar-refractivity contribution in [1.29, 1.82) is 0 Å². The van der Waals surface area contributed by atoms with Crippen LogP contribution in [0.4, 0.5) is 8.78 Å².